The van der Waals surface area contributed by atoms with Crippen LogP contribution in [0.25, 0.3) is 16.6 Å². The molecule has 3 aromatic heterocycles. The van der Waals surface area contributed by atoms with Crippen LogP contribution in [0.3, 0.4) is 0 Å². The van der Waals surface area contributed by atoms with E-state index in [1.54, 1.807) is 0 Å². The van der Waals surface area contributed by atoms with Gasteiger partial charge in [-0.1, -0.05) is 36.9 Å². The van der Waals surface area contributed by atoms with Crippen LogP contribution in [0.1, 0.15) is 39.7 Å². The van der Waals surface area contributed by atoms with Crippen molar-refractivity contribution in [3.8, 4) is 0 Å². The van der Waals surface area contributed by atoms with E-state index in [2.05, 4.69) is 28.5 Å². The summed E-state index contributed by atoms with van der Waals surface area (Å²) in [6.07, 6.45) is 0.589. The molecule has 0 aliphatic carbocycles. The number of anilines is 1. The van der Waals surface area contributed by atoms with Gasteiger partial charge in [0.25, 0.3) is 0 Å². The number of rotatable bonds is 6. The number of para-hydroxylation sites is 1. The van der Waals surface area contributed by atoms with Gasteiger partial charge in [0.2, 0.25) is 5.91 Å². The highest BCUT2D eigenvalue weighted by Gasteiger charge is 2.26. The highest BCUT2D eigenvalue weighted by atomic mass is 32.2. The van der Waals surface area contributed by atoms with Crippen molar-refractivity contribution in [1.82, 2.24) is 14.6 Å². The van der Waals surface area contributed by atoms with Crippen molar-refractivity contribution < 1.29 is 14.3 Å². The molecule has 0 aliphatic heterocycles. The van der Waals surface area contributed by atoms with Gasteiger partial charge in [-0.25, -0.2) is 4.79 Å². The topological polar surface area (TPSA) is 85.6 Å². The largest absolute Gasteiger partial charge is 0.465 e. The highest BCUT2D eigenvalue weighted by molar-refractivity contribution is 8.00. The third kappa shape index (κ3) is 3.86. The van der Waals surface area contributed by atoms with Gasteiger partial charge in [-0.3, -0.25) is 9.20 Å². The Hall–Kier alpha value is -2.91. The van der Waals surface area contributed by atoms with E-state index in [9.17, 15) is 9.59 Å². The second-order valence-corrected chi connectivity index (χ2v) is 9.90. The van der Waals surface area contributed by atoms with Crippen molar-refractivity contribution in [2.75, 3.05) is 12.4 Å². The molecule has 0 aliphatic rings. The number of carbonyl (C=O) groups is 2. The number of thiophene rings is 1. The Bertz CT molecular complexity index is 1340. The number of methoxy groups -OCH3 is 1. The highest BCUT2D eigenvalue weighted by Crippen LogP contribution is 2.35. The molecule has 0 radical (unpaired) electrons. The summed E-state index contributed by atoms with van der Waals surface area (Å²) in [5.41, 5.74) is 4.11. The molecule has 0 fully saturated rings. The number of carbonyl (C=O) groups excluding carboxylic acids is 2. The molecule has 1 unspecified atom stereocenters. The van der Waals surface area contributed by atoms with E-state index < -0.39 is 11.2 Å². The zero-order valence-electron chi connectivity index (χ0n) is 18.6. The zero-order valence-corrected chi connectivity index (χ0v) is 20.2. The first-order valence-electron chi connectivity index (χ1n) is 10.2. The predicted molar refractivity (Wildman–Crippen MR) is 129 cm³/mol. The molecule has 1 amide bonds. The monoisotopic (exact) mass is 468 g/mol. The van der Waals surface area contributed by atoms with E-state index in [4.69, 9.17) is 4.74 Å². The van der Waals surface area contributed by atoms with Gasteiger partial charge >= 0.3 is 5.97 Å². The third-order valence-electron chi connectivity index (χ3n) is 5.50. The summed E-state index contributed by atoms with van der Waals surface area (Å²) in [6.45, 7) is 7.78. The maximum Gasteiger partial charge on any atom is 0.341 e. The van der Waals surface area contributed by atoms with Crippen LogP contribution in [0.4, 0.5) is 5.00 Å². The normalized spacial score (nSPS) is 12.3. The van der Waals surface area contributed by atoms with Gasteiger partial charge in [0.1, 0.15) is 5.00 Å². The summed E-state index contributed by atoms with van der Waals surface area (Å²) in [4.78, 5) is 26.4. The standard InChI is InChI=1S/C23H24N4O3S2/c1-6-17(20(28)24-21-19(22(29)30-5)13(3)14(4)31-21)32-23-26-25-18-11-12(2)15-9-7-8-10-16(15)27(18)23/h7-11,17H,6H2,1-5H3,(H,24,28). The minimum Gasteiger partial charge on any atom is -0.465 e. The van der Waals surface area contributed by atoms with E-state index in [0.717, 1.165) is 32.6 Å². The molecule has 9 heteroatoms. The second-order valence-electron chi connectivity index (χ2n) is 7.50. The molecule has 0 saturated carbocycles. The number of amides is 1. The summed E-state index contributed by atoms with van der Waals surface area (Å²) >= 11 is 2.75. The number of hydrogen-bond donors (Lipinski definition) is 1. The van der Waals surface area contributed by atoms with Crippen molar-refractivity contribution in [2.45, 2.75) is 44.5 Å². The molecule has 166 valence electrons. The molecule has 4 rings (SSSR count). The molecule has 1 aromatic carbocycles. The van der Waals surface area contributed by atoms with Crippen molar-refractivity contribution in [1.29, 1.82) is 0 Å². The second kappa shape index (κ2) is 8.91. The molecule has 1 N–H and O–H groups in total. The maximum atomic E-state index is 13.2. The van der Waals surface area contributed by atoms with Crippen LogP contribution in [0.2, 0.25) is 0 Å². The summed E-state index contributed by atoms with van der Waals surface area (Å²) in [5, 5.41) is 13.5. The van der Waals surface area contributed by atoms with E-state index in [1.165, 1.54) is 30.2 Å². The van der Waals surface area contributed by atoms with Crippen LogP contribution >= 0.6 is 23.1 Å². The fourth-order valence-corrected chi connectivity index (χ4v) is 5.68. The van der Waals surface area contributed by atoms with Crippen LogP contribution in [0.15, 0.2) is 35.5 Å². The average molecular weight is 469 g/mol. The quantitative estimate of drug-likeness (QED) is 0.311. The lowest BCUT2D eigenvalue weighted by molar-refractivity contribution is -0.115. The minimum absolute atomic E-state index is 0.183. The van der Waals surface area contributed by atoms with Crippen molar-refractivity contribution in [2.24, 2.45) is 0 Å². The number of ether oxygens (including phenoxy) is 1. The Balaban J connectivity index is 1.66. The molecule has 0 spiro atoms. The molecule has 3 heterocycles. The maximum absolute atomic E-state index is 13.2. The lowest BCUT2D eigenvalue weighted by Crippen LogP contribution is -2.25. The van der Waals surface area contributed by atoms with E-state index >= 15 is 0 Å². The van der Waals surface area contributed by atoms with Crippen molar-refractivity contribution in [3.63, 3.8) is 0 Å². The third-order valence-corrected chi connectivity index (χ3v) is 7.93. The first kappa shape index (κ1) is 22.3. The molecular weight excluding hydrogens is 444 g/mol. The van der Waals surface area contributed by atoms with Gasteiger partial charge in [-0.2, -0.15) is 0 Å². The number of benzene rings is 1. The summed E-state index contributed by atoms with van der Waals surface area (Å²) in [7, 11) is 1.34. The van der Waals surface area contributed by atoms with Gasteiger partial charge in [-0.15, -0.1) is 21.5 Å². The van der Waals surface area contributed by atoms with Crippen LogP contribution in [-0.2, 0) is 9.53 Å². The van der Waals surface area contributed by atoms with E-state index in [-0.39, 0.29) is 5.91 Å². The molecule has 0 bridgehead atoms. The number of aryl methyl sites for hydroxylation is 2. The number of pyridine rings is 1. The van der Waals surface area contributed by atoms with Gasteiger partial charge < -0.3 is 10.1 Å². The van der Waals surface area contributed by atoms with Gasteiger partial charge in [0.15, 0.2) is 10.8 Å². The van der Waals surface area contributed by atoms with Gasteiger partial charge in [0.05, 0.1) is 23.4 Å². The lowest BCUT2D eigenvalue weighted by atomic mass is 10.1. The summed E-state index contributed by atoms with van der Waals surface area (Å²) < 4.78 is 6.90. The van der Waals surface area contributed by atoms with Crippen LogP contribution < -0.4 is 5.32 Å². The number of nitrogens with zero attached hydrogens (tertiary/aromatic N) is 3. The molecule has 7 nitrogen and oxygen atoms in total. The predicted octanol–water partition coefficient (Wildman–Crippen LogP) is 5.17. The average Bonchev–Trinajstić information content (AvgIpc) is 3.31. The molecular formula is C23H24N4O3S2. The smallest absolute Gasteiger partial charge is 0.341 e. The molecule has 4 aromatic rings. The Morgan fingerprint density at radius 1 is 1.22 bits per heavy atom. The number of nitrogens with one attached hydrogen (secondary N) is 1. The van der Waals surface area contributed by atoms with Crippen LogP contribution in [0, 0.1) is 20.8 Å². The van der Waals surface area contributed by atoms with Crippen molar-refractivity contribution >= 4 is 56.5 Å². The van der Waals surface area contributed by atoms with Crippen LogP contribution in [-0.4, -0.2) is 38.8 Å². The van der Waals surface area contributed by atoms with Gasteiger partial charge in [-0.05, 0) is 50.5 Å². The molecule has 32 heavy (non-hydrogen) atoms. The van der Waals surface area contributed by atoms with Gasteiger partial charge in [0, 0.05) is 10.3 Å². The number of aromatic nitrogens is 3. The fraction of sp³-hybridized carbons (Fsp3) is 0.304. The Morgan fingerprint density at radius 2 is 1.97 bits per heavy atom. The van der Waals surface area contributed by atoms with E-state index in [1.807, 2.05) is 49.4 Å². The van der Waals surface area contributed by atoms with Crippen molar-refractivity contribution in [3.05, 3.63) is 51.9 Å². The first-order valence-corrected chi connectivity index (χ1v) is 11.9. The molecule has 0 saturated heterocycles. The number of esters is 1. The lowest BCUT2D eigenvalue weighted by Gasteiger charge is -2.14. The fourth-order valence-electron chi connectivity index (χ4n) is 3.66. The van der Waals surface area contributed by atoms with E-state index in [0.29, 0.717) is 22.1 Å². The Labute approximate surface area is 194 Å². The Kier molecular flexibility index (Phi) is 6.21. The minimum atomic E-state index is -0.451. The number of hydrogen-bond acceptors (Lipinski definition) is 7. The SMILES string of the molecule is CCC(Sc1nnc2cc(C)c3ccccc3n12)C(=O)Nc1sc(C)c(C)c1C(=O)OC. The Morgan fingerprint density at radius 3 is 2.69 bits per heavy atom. The zero-order chi connectivity index (χ0) is 23.0. The number of fused-ring (bicyclic) bond motifs is 3. The molecule has 1 atom stereocenters. The summed E-state index contributed by atoms with van der Waals surface area (Å²) in [5.74, 6) is -0.634. The number of thioether (sulfide) groups is 1. The van der Waals surface area contributed by atoms with Crippen LogP contribution in [0.5, 0.6) is 0 Å². The summed E-state index contributed by atoms with van der Waals surface area (Å²) in [6, 6.07) is 10.1. The first-order chi connectivity index (χ1) is 15.3.